The van der Waals surface area contributed by atoms with Gasteiger partial charge in [0.15, 0.2) is 0 Å². The highest BCUT2D eigenvalue weighted by atomic mass is 15.3. The van der Waals surface area contributed by atoms with Crippen LogP contribution in [-0.4, -0.2) is 20.1 Å². The molecule has 42 heavy (non-hydrogen) atoms. The molecule has 0 amide bonds. The van der Waals surface area contributed by atoms with E-state index in [0.717, 1.165) is 34.4 Å². The number of aromatic nitrogens is 3. The van der Waals surface area contributed by atoms with E-state index in [1.165, 1.54) is 33.0 Å². The van der Waals surface area contributed by atoms with Crippen molar-refractivity contribution in [1.29, 1.82) is 5.26 Å². The number of anilines is 2. The molecule has 6 aromatic rings. The van der Waals surface area contributed by atoms with Gasteiger partial charge in [0.2, 0.25) is 5.95 Å². The predicted molar refractivity (Wildman–Crippen MR) is 170 cm³/mol. The Kier molecular flexibility index (Phi) is 5.23. The molecule has 0 N–H and O–H groups in total. The van der Waals surface area contributed by atoms with Crippen LogP contribution in [0, 0.1) is 18.3 Å². The van der Waals surface area contributed by atoms with E-state index < -0.39 is 0 Å². The number of nitriles is 1. The minimum Gasteiger partial charge on any atom is -0.309 e. The van der Waals surface area contributed by atoms with Crippen molar-refractivity contribution in [3.8, 4) is 22.9 Å². The van der Waals surface area contributed by atoms with Crippen molar-refractivity contribution in [2.45, 2.75) is 25.8 Å². The number of aryl methyl sites for hydroxylation is 1. The van der Waals surface area contributed by atoms with Gasteiger partial charge in [0, 0.05) is 40.0 Å². The van der Waals surface area contributed by atoms with Crippen LogP contribution < -0.4 is 4.90 Å². The first-order valence-electron chi connectivity index (χ1n) is 14.2. The second kappa shape index (κ2) is 9.02. The maximum absolute atomic E-state index is 9.17. The van der Waals surface area contributed by atoms with Gasteiger partial charge in [0.05, 0.1) is 33.9 Å². The number of hydrogen-bond donors (Lipinski definition) is 0. The summed E-state index contributed by atoms with van der Waals surface area (Å²) in [4.78, 5) is 12.2. The molecule has 0 fully saturated rings. The van der Waals surface area contributed by atoms with Crippen LogP contribution in [0.15, 0.2) is 116 Å². The lowest BCUT2D eigenvalue weighted by atomic mass is 9.83. The van der Waals surface area contributed by atoms with Crippen LogP contribution in [0.25, 0.3) is 44.2 Å². The van der Waals surface area contributed by atoms with Crippen LogP contribution in [0.4, 0.5) is 11.6 Å². The minimum atomic E-state index is -0.310. The largest absolute Gasteiger partial charge is 0.309 e. The van der Waals surface area contributed by atoms with Crippen molar-refractivity contribution < 1.29 is 0 Å². The summed E-state index contributed by atoms with van der Waals surface area (Å²) < 4.78 is 2.37. The zero-order chi connectivity index (χ0) is 28.4. The van der Waals surface area contributed by atoms with Gasteiger partial charge in [0.25, 0.3) is 0 Å². The number of para-hydroxylation sites is 1. The lowest BCUT2D eigenvalue weighted by Crippen LogP contribution is -2.41. The first kappa shape index (κ1) is 24.3. The van der Waals surface area contributed by atoms with Gasteiger partial charge in [-0.15, -0.1) is 0 Å². The van der Waals surface area contributed by atoms with Gasteiger partial charge < -0.3 is 4.57 Å². The standard InChI is InChI=1S/C37H27N5/c1-24-11-16-33-29(18-24)30-19-31-32-10-6-7-17-37(32,2)42(35(31)20-34(30)41(33)28-8-4-3-5-9-28)36-39-22-27(23-40-36)26-14-12-25(21-38)13-15-26/h3-16,18-20,22-23H,17H2,1-2H3. The summed E-state index contributed by atoms with van der Waals surface area (Å²) >= 11 is 0. The smallest absolute Gasteiger partial charge is 0.230 e. The molecular formula is C37H27N5. The van der Waals surface area contributed by atoms with Crippen LogP contribution >= 0.6 is 0 Å². The molecule has 1 atom stereocenters. The molecule has 5 heteroatoms. The van der Waals surface area contributed by atoms with Gasteiger partial charge in [-0.25, -0.2) is 9.97 Å². The van der Waals surface area contributed by atoms with E-state index >= 15 is 0 Å². The van der Waals surface area contributed by atoms with Crippen LogP contribution in [0.3, 0.4) is 0 Å². The Balaban J connectivity index is 1.35. The molecule has 1 aliphatic carbocycles. The number of benzene rings is 4. The van der Waals surface area contributed by atoms with Crippen LogP contribution in [-0.2, 0) is 0 Å². The monoisotopic (exact) mass is 541 g/mol. The molecule has 1 aliphatic heterocycles. The number of fused-ring (bicyclic) bond motifs is 6. The third-order valence-electron chi connectivity index (χ3n) is 8.76. The predicted octanol–water partition coefficient (Wildman–Crippen LogP) is 8.67. The molecule has 0 bridgehead atoms. The number of hydrogen-bond acceptors (Lipinski definition) is 4. The lowest BCUT2D eigenvalue weighted by Gasteiger charge is -2.37. The second-order valence-electron chi connectivity index (χ2n) is 11.4. The molecule has 5 nitrogen and oxygen atoms in total. The number of rotatable bonds is 3. The molecule has 0 saturated carbocycles. The molecular weight excluding hydrogens is 514 g/mol. The maximum atomic E-state index is 9.17. The highest BCUT2D eigenvalue weighted by Crippen LogP contribution is 2.54. The summed E-state index contributed by atoms with van der Waals surface area (Å²) in [5.74, 6) is 0.674. The van der Waals surface area contributed by atoms with Gasteiger partial charge in [-0.3, -0.25) is 4.90 Å². The van der Waals surface area contributed by atoms with E-state index in [-0.39, 0.29) is 5.54 Å². The summed E-state index contributed by atoms with van der Waals surface area (Å²) in [6, 6.07) is 31.7. The average molecular weight is 542 g/mol. The zero-order valence-electron chi connectivity index (χ0n) is 23.4. The van der Waals surface area contributed by atoms with Crippen LogP contribution in [0.5, 0.6) is 0 Å². The Morgan fingerprint density at radius 1 is 0.833 bits per heavy atom. The first-order chi connectivity index (χ1) is 20.5. The van der Waals surface area contributed by atoms with Crippen molar-refractivity contribution in [1.82, 2.24) is 14.5 Å². The maximum Gasteiger partial charge on any atom is 0.230 e. The van der Waals surface area contributed by atoms with Crippen LogP contribution in [0.1, 0.15) is 30.0 Å². The van der Waals surface area contributed by atoms with Gasteiger partial charge in [0.1, 0.15) is 0 Å². The molecule has 4 aromatic carbocycles. The van der Waals surface area contributed by atoms with Crippen molar-refractivity contribution in [3.63, 3.8) is 0 Å². The Hall–Kier alpha value is -5.47. The van der Waals surface area contributed by atoms with E-state index in [4.69, 9.17) is 15.2 Å². The molecule has 8 rings (SSSR count). The van der Waals surface area contributed by atoms with Gasteiger partial charge in [-0.1, -0.05) is 60.2 Å². The Bertz CT molecular complexity index is 2130. The second-order valence-corrected chi connectivity index (χ2v) is 11.4. The Labute approximate surface area is 244 Å². The van der Waals surface area contributed by atoms with E-state index in [1.807, 2.05) is 36.7 Å². The molecule has 0 saturated heterocycles. The summed E-state index contributed by atoms with van der Waals surface area (Å²) in [6.45, 7) is 4.45. The fourth-order valence-corrected chi connectivity index (χ4v) is 6.68. The first-order valence-corrected chi connectivity index (χ1v) is 14.2. The average Bonchev–Trinajstić information content (AvgIpc) is 3.48. The topological polar surface area (TPSA) is 57.7 Å². The Morgan fingerprint density at radius 2 is 1.60 bits per heavy atom. The van der Waals surface area contributed by atoms with Crippen molar-refractivity contribution in [2.24, 2.45) is 0 Å². The molecule has 0 spiro atoms. The van der Waals surface area contributed by atoms with E-state index in [9.17, 15) is 0 Å². The Morgan fingerprint density at radius 3 is 2.36 bits per heavy atom. The highest BCUT2D eigenvalue weighted by Gasteiger charge is 2.46. The summed E-state index contributed by atoms with van der Waals surface area (Å²) in [5, 5.41) is 11.7. The van der Waals surface area contributed by atoms with Crippen molar-refractivity contribution >= 4 is 39.0 Å². The SMILES string of the molecule is Cc1ccc2c(c1)c1cc3c(cc1n2-c1ccccc1)N(c1ncc(-c2ccc(C#N)cc2)cn1)C1(C)CC=CC=C31. The molecule has 2 aromatic heterocycles. The minimum absolute atomic E-state index is 0.310. The normalized spacial score (nSPS) is 17.3. The van der Waals surface area contributed by atoms with E-state index in [2.05, 4.69) is 108 Å². The highest BCUT2D eigenvalue weighted by molar-refractivity contribution is 6.13. The quantitative estimate of drug-likeness (QED) is 0.225. The van der Waals surface area contributed by atoms with Crippen molar-refractivity contribution in [2.75, 3.05) is 4.90 Å². The van der Waals surface area contributed by atoms with Gasteiger partial charge in [-0.2, -0.15) is 5.26 Å². The molecule has 1 unspecified atom stereocenters. The zero-order valence-corrected chi connectivity index (χ0v) is 23.4. The van der Waals surface area contributed by atoms with Gasteiger partial charge >= 0.3 is 0 Å². The van der Waals surface area contributed by atoms with Crippen LogP contribution in [0.2, 0.25) is 0 Å². The molecule has 0 radical (unpaired) electrons. The molecule has 200 valence electrons. The third kappa shape index (κ3) is 3.49. The fourth-order valence-electron chi connectivity index (χ4n) is 6.68. The molecule has 3 heterocycles. The summed E-state index contributed by atoms with van der Waals surface area (Å²) in [5.41, 5.74) is 10.6. The fraction of sp³-hybridized carbons (Fsp3) is 0.108. The number of nitrogens with zero attached hydrogens (tertiary/aromatic N) is 5. The summed E-state index contributed by atoms with van der Waals surface area (Å²) in [7, 11) is 0. The van der Waals surface area contributed by atoms with Gasteiger partial charge in [-0.05, 0) is 79.9 Å². The third-order valence-corrected chi connectivity index (χ3v) is 8.76. The van der Waals surface area contributed by atoms with Crippen molar-refractivity contribution in [3.05, 3.63) is 132 Å². The number of allylic oxidation sites excluding steroid dienone is 2. The molecule has 2 aliphatic rings. The summed E-state index contributed by atoms with van der Waals surface area (Å²) in [6.07, 6.45) is 11.3. The van der Waals surface area contributed by atoms with E-state index in [0.29, 0.717) is 11.5 Å². The lowest BCUT2D eigenvalue weighted by molar-refractivity contribution is 0.596. The van der Waals surface area contributed by atoms with E-state index in [1.54, 1.807) is 0 Å².